The normalized spacial score (nSPS) is 29.4. The minimum Gasteiger partial charge on any atom is -0.369 e. The predicted molar refractivity (Wildman–Crippen MR) is 131 cm³/mol. The molecule has 1 aliphatic heterocycles. The fourth-order valence-electron chi connectivity index (χ4n) is 7.50. The first-order valence-corrected chi connectivity index (χ1v) is 13.0. The molecule has 180 valence electrons. The van der Waals surface area contributed by atoms with Crippen molar-refractivity contribution in [1.29, 1.82) is 0 Å². The van der Waals surface area contributed by atoms with E-state index in [-0.39, 0.29) is 5.91 Å². The summed E-state index contributed by atoms with van der Waals surface area (Å²) in [5.74, 6) is 5.81. The van der Waals surface area contributed by atoms with Gasteiger partial charge >= 0.3 is 0 Å². The highest BCUT2D eigenvalue weighted by Gasteiger charge is 2.47. The lowest BCUT2D eigenvalue weighted by Crippen LogP contribution is -2.47. The van der Waals surface area contributed by atoms with Crippen LogP contribution in [-0.4, -0.2) is 57.3 Å². The Morgan fingerprint density at radius 2 is 1.94 bits per heavy atom. The third-order valence-corrected chi connectivity index (χ3v) is 8.87. The highest BCUT2D eigenvalue weighted by atomic mass is 16.2. The zero-order valence-corrected chi connectivity index (χ0v) is 20.2. The van der Waals surface area contributed by atoms with Crippen molar-refractivity contribution >= 4 is 11.7 Å². The van der Waals surface area contributed by atoms with Gasteiger partial charge in [-0.1, -0.05) is 6.07 Å². The van der Waals surface area contributed by atoms with Crippen molar-refractivity contribution in [3.63, 3.8) is 0 Å². The van der Waals surface area contributed by atoms with E-state index < -0.39 is 0 Å². The molecule has 7 rings (SSSR count). The first-order chi connectivity index (χ1) is 16.6. The van der Waals surface area contributed by atoms with Crippen molar-refractivity contribution in [3.8, 4) is 0 Å². The maximum atomic E-state index is 13.0. The van der Waals surface area contributed by atoms with E-state index in [0.717, 1.165) is 66.2 Å². The second-order valence-corrected chi connectivity index (χ2v) is 11.2. The molecule has 7 heteroatoms. The largest absolute Gasteiger partial charge is 0.369 e. The maximum absolute atomic E-state index is 13.0. The van der Waals surface area contributed by atoms with Gasteiger partial charge in [0, 0.05) is 37.6 Å². The molecule has 2 aromatic heterocycles. The second kappa shape index (κ2) is 9.25. The zero-order valence-electron chi connectivity index (χ0n) is 20.2. The Labute approximate surface area is 202 Å². The molecule has 0 spiro atoms. The summed E-state index contributed by atoms with van der Waals surface area (Å²) in [6.07, 6.45) is 13.4. The average Bonchev–Trinajstić information content (AvgIpc) is 2.83. The highest BCUT2D eigenvalue weighted by molar-refractivity contribution is 5.78. The van der Waals surface area contributed by atoms with Gasteiger partial charge in [-0.2, -0.15) is 0 Å². The Bertz CT molecular complexity index is 999. The van der Waals surface area contributed by atoms with E-state index in [1.165, 1.54) is 37.7 Å². The minimum absolute atomic E-state index is 0.152. The molecule has 5 aliphatic rings. The third-order valence-electron chi connectivity index (χ3n) is 8.87. The number of nitrogens with one attached hydrogen (secondary N) is 1. The van der Waals surface area contributed by atoms with Gasteiger partial charge in [0.05, 0.1) is 18.8 Å². The molecule has 4 fully saturated rings. The Morgan fingerprint density at radius 1 is 1.15 bits per heavy atom. The monoisotopic (exact) mass is 460 g/mol. The summed E-state index contributed by atoms with van der Waals surface area (Å²) in [6, 6.07) is 3.97. The third kappa shape index (κ3) is 4.42. The zero-order chi connectivity index (χ0) is 23.1. The van der Waals surface area contributed by atoms with Crippen molar-refractivity contribution in [1.82, 2.24) is 24.8 Å². The summed E-state index contributed by atoms with van der Waals surface area (Å²) < 4.78 is 0. The second-order valence-electron chi connectivity index (χ2n) is 11.2. The number of pyridine rings is 1. The minimum atomic E-state index is 0.152. The van der Waals surface area contributed by atoms with E-state index in [0.29, 0.717) is 19.6 Å². The quantitative estimate of drug-likeness (QED) is 0.683. The Balaban J connectivity index is 1.06. The van der Waals surface area contributed by atoms with Crippen LogP contribution in [0.15, 0.2) is 30.9 Å². The van der Waals surface area contributed by atoms with Crippen LogP contribution in [0.1, 0.15) is 48.9 Å². The number of carbonyl (C=O) groups excluding carboxylic acids is 1. The number of amides is 1. The van der Waals surface area contributed by atoms with Gasteiger partial charge < -0.3 is 10.2 Å². The van der Waals surface area contributed by atoms with Crippen LogP contribution in [0.25, 0.3) is 0 Å². The molecule has 0 saturated heterocycles. The van der Waals surface area contributed by atoms with Crippen LogP contribution in [0, 0.1) is 29.6 Å². The summed E-state index contributed by atoms with van der Waals surface area (Å²) >= 11 is 0. The van der Waals surface area contributed by atoms with Gasteiger partial charge in [0.2, 0.25) is 5.91 Å². The molecule has 1 N–H and O–H groups in total. The molecule has 34 heavy (non-hydrogen) atoms. The highest BCUT2D eigenvalue weighted by Crippen LogP contribution is 2.56. The van der Waals surface area contributed by atoms with Crippen LogP contribution < -0.4 is 5.32 Å². The summed E-state index contributed by atoms with van der Waals surface area (Å²) in [5, 5.41) is 3.74. The number of fused-ring (bicyclic) bond motifs is 1. The lowest BCUT2D eigenvalue weighted by atomic mass is 9.52. The van der Waals surface area contributed by atoms with Crippen molar-refractivity contribution in [3.05, 3.63) is 47.7 Å². The number of nitrogens with zero attached hydrogens (tertiary/aromatic N) is 5. The Hall–Kier alpha value is -2.54. The van der Waals surface area contributed by atoms with Crippen LogP contribution in [0.4, 0.5) is 5.82 Å². The molecule has 2 aromatic rings. The van der Waals surface area contributed by atoms with Gasteiger partial charge in [0.25, 0.3) is 0 Å². The summed E-state index contributed by atoms with van der Waals surface area (Å²) in [5.41, 5.74) is 3.32. The van der Waals surface area contributed by atoms with E-state index in [9.17, 15) is 4.79 Å². The fraction of sp³-hybridized carbons (Fsp3) is 0.630. The summed E-state index contributed by atoms with van der Waals surface area (Å²) in [7, 11) is 1.98. The molecule has 4 aliphatic carbocycles. The number of carbonyl (C=O) groups is 1. The first-order valence-electron chi connectivity index (χ1n) is 13.0. The smallest absolute Gasteiger partial charge is 0.237 e. The average molecular weight is 461 g/mol. The van der Waals surface area contributed by atoms with Crippen LogP contribution in [0.3, 0.4) is 0 Å². The molecule has 1 amide bonds. The maximum Gasteiger partial charge on any atom is 0.237 e. The van der Waals surface area contributed by atoms with E-state index >= 15 is 0 Å². The van der Waals surface area contributed by atoms with Gasteiger partial charge in [-0.3, -0.25) is 14.7 Å². The van der Waals surface area contributed by atoms with Crippen LogP contribution in [-0.2, 0) is 24.3 Å². The van der Waals surface area contributed by atoms with Crippen LogP contribution in [0.2, 0.25) is 0 Å². The van der Waals surface area contributed by atoms with Gasteiger partial charge in [0.1, 0.15) is 12.1 Å². The van der Waals surface area contributed by atoms with Gasteiger partial charge in [0.15, 0.2) is 0 Å². The molecule has 0 atom stereocenters. The SMILES string of the molecule is CN(CC(=O)N1CCc2c(ncnc2NCC2C3CC4CC(C3)CC2C4)C1)Cc1cccnc1. The first kappa shape index (κ1) is 22.0. The molecule has 0 radical (unpaired) electrons. The summed E-state index contributed by atoms with van der Waals surface area (Å²) in [6.45, 7) is 3.45. The summed E-state index contributed by atoms with van der Waals surface area (Å²) in [4.78, 5) is 30.3. The number of aromatic nitrogens is 3. The molecule has 7 nitrogen and oxygen atoms in total. The molecule has 4 saturated carbocycles. The molecule has 4 bridgehead atoms. The van der Waals surface area contributed by atoms with Crippen molar-refractivity contribution in [2.45, 2.75) is 51.6 Å². The van der Waals surface area contributed by atoms with Crippen molar-refractivity contribution in [2.75, 3.05) is 32.0 Å². The van der Waals surface area contributed by atoms with Crippen molar-refractivity contribution in [2.24, 2.45) is 29.6 Å². The van der Waals surface area contributed by atoms with Gasteiger partial charge in [-0.15, -0.1) is 0 Å². The molecule has 0 aromatic carbocycles. The predicted octanol–water partition coefficient (Wildman–Crippen LogP) is 3.37. The fourth-order valence-corrected chi connectivity index (χ4v) is 7.50. The van der Waals surface area contributed by atoms with Crippen molar-refractivity contribution < 1.29 is 4.79 Å². The van der Waals surface area contributed by atoms with Gasteiger partial charge in [-0.05, 0) is 86.8 Å². The van der Waals surface area contributed by atoms with E-state index in [1.807, 2.05) is 35.2 Å². The molecular weight excluding hydrogens is 424 g/mol. The topological polar surface area (TPSA) is 74.2 Å². The lowest BCUT2D eigenvalue weighted by Gasteiger charge is -2.54. The molecule has 3 heterocycles. The van der Waals surface area contributed by atoms with Crippen LogP contribution >= 0.6 is 0 Å². The lowest BCUT2D eigenvalue weighted by molar-refractivity contribution is -0.133. The van der Waals surface area contributed by atoms with E-state index in [4.69, 9.17) is 0 Å². The number of rotatable bonds is 7. The number of likely N-dealkylation sites (N-methyl/N-ethyl adjacent to an activating group) is 1. The number of hydrogen-bond donors (Lipinski definition) is 1. The standard InChI is InChI=1S/C27H36N6O/c1-32(14-18-3-2-5-28-12-18)16-26(34)33-6-4-23-25(15-33)30-17-31-27(23)29-13-24-21-8-19-7-20(10-21)11-22(24)9-19/h2-3,5,12,17,19-22,24H,4,6-11,13-16H2,1H3,(H,29,30,31). The van der Waals surface area contributed by atoms with Crippen LogP contribution in [0.5, 0.6) is 0 Å². The van der Waals surface area contributed by atoms with E-state index in [1.54, 1.807) is 12.5 Å². The number of anilines is 1. The Kier molecular flexibility index (Phi) is 5.97. The Morgan fingerprint density at radius 3 is 2.68 bits per heavy atom. The molecular formula is C27H36N6O. The van der Waals surface area contributed by atoms with Gasteiger partial charge in [-0.25, -0.2) is 9.97 Å². The number of hydrogen-bond acceptors (Lipinski definition) is 6. The molecule has 0 unspecified atom stereocenters. The van der Waals surface area contributed by atoms with E-state index in [2.05, 4.69) is 20.3 Å².